The van der Waals surface area contributed by atoms with E-state index in [9.17, 15) is 0 Å². The van der Waals surface area contributed by atoms with Gasteiger partial charge in [0.25, 0.3) is 0 Å². The smallest absolute Gasteiger partial charge is 0.122 e. The van der Waals surface area contributed by atoms with Crippen LogP contribution in [0.1, 0.15) is 30.5 Å². The summed E-state index contributed by atoms with van der Waals surface area (Å²) < 4.78 is 10.8. The van der Waals surface area contributed by atoms with E-state index in [1.807, 2.05) is 0 Å². The van der Waals surface area contributed by atoms with E-state index in [0.717, 1.165) is 31.7 Å². The number of aliphatic hydroxyl groups is 1. The van der Waals surface area contributed by atoms with Crippen molar-refractivity contribution in [3.05, 3.63) is 29.3 Å². The fourth-order valence-electron chi connectivity index (χ4n) is 2.39. The lowest BCUT2D eigenvalue weighted by Crippen LogP contribution is -2.25. The Morgan fingerprint density at radius 3 is 3.11 bits per heavy atom. The first kappa shape index (κ1) is 14.3. The van der Waals surface area contributed by atoms with Gasteiger partial charge in [0.15, 0.2) is 0 Å². The predicted octanol–water partition coefficient (Wildman–Crippen LogP) is 1.67. The van der Waals surface area contributed by atoms with Gasteiger partial charge < -0.3 is 19.9 Å². The van der Waals surface area contributed by atoms with Crippen LogP contribution in [-0.4, -0.2) is 38.1 Å². The fourth-order valence-corrected chi connectivity index (χ4v) is 2.39. The lowest BCUT2D eigenvalue weighted by atomic mass is 10.0. The SMILES string of the molecule is CCC(NCCOCCO)c1ccc2c(c1)CCO2. The summed E-state index contributed by atoms with van der Waals surface area (Å²) in [6.45, 7) is 4.90. The first-order valence-corrected chi connectivity index (χ1v) is 7.02. The van der Waals surface area contributed by atoms with Crippen molar-refractivity contribution >= 4 is 0 Å². The minimum absolute atomic E-state index is 0.0853. The molecule has 1 aliphatic heterocycles. The van der Waals surface area contributed by atoms with Crippen molar-refractivity contribution in [2.75, 3.05) is 33.0 Å². The van der Waals surface area contributed by atoms with Gasteiger partial charge in [-0.1, -0.05) is 19.1 Å². The van der Waals surface area contributed by atoms with Gasteiger partial charge in [-0.2, -0.15) is 0 Å². The van der Waals surface area contributed by atoms with Crippen LogP contribution >= 0.6 is 0 Å². The zero-order valence-corrected chi connectivity index (χ0v) is 11.5. The van der Waals surface area contributed by atoms with Crippen LogP contribution in [0.3, 0.4) is 0 Å². The maximum absolute atomic E-state index is 8.63. The highest BCUT2D eigenvalue weighted by molar-refractivity contribution is 5.40. The van der Waals surface area contributed by atoms with Gasteiger partial charge in [-0.25, -0.2) is 0 Å². The largest absolute Gasteiger partial charge is 0.493 e. The van der Waals surface area contributed by atoms with Gasteiger partial charge in [0.1, 0.15) is 5.75 Å². The summed E-state index contributed by atoms with van der Waals surface area (Å²) in [7, 11) is 0. The quantitative estimate of drug-likeness (QED) is 0.702. The Hall–Kier alpha value is -1.10. The standard InChI is InChI=1S/C15H23NO3/c1-2-14(16-6-9-18-10-7-17)12-3-4-15-13(11-12)5-8-19-15/h3-4,11,14,16-17H,2,5-10H2,1H3. The van der Waals surface area contributed by atoms with Gasteiger partial charge >= 0.3 is 0 Å². The summed E-state index contributed by atoms with van der Waals surface area (Å²) in [5.41, 5.74) is 2.63. The summed E-state index contributed by atoms with van der Waals surface area (Å²) in [4.78, 5) is 0. The molecule has 1 aromatic carbocycles. The molecule has 0 aromatic heterocycles. The topological polar surface area (TPSA) is 50.7 Å². The first-order valence-electron chi connectivity index (χ1n) is 7.02. The Bertz CT molecular complexity index is 395. The predicted molar refractivity (Wildman–Crippen MR) is 74.6 cm³/mol. The van der Waals surface area contributed by atoms with Crippen LogP contribution in [0, 0.1) is 0 Å². The van der Waals surface area contributed by atoms with Gasteiger partial charge in [0.05, 0.1) is 26.4 Å². The van der Waals surface area contributed by atoms with E-state index in [1.54, 1.807) is 0 Å². The molecule has 0 amide bonds. The first-order chi connectivity index (χ1) is 9.35. The normalized spacial score (nSPS) is 15.1. The Labute approximate surface area is 114 Å². The number of ether oxygens (including phenoxy) is 2. The van der Waals surface area contributed by atoms with Gasteiger partial charge in [-0.3, -0.25) is 0 Å². The molecule has 4 nitrogen and oxygen atoms in total. The third-order valence-corrected chi connectivity index (χ3v) is 3.40. The average Bonchev–Trinajstić information content (AvgIpc) is 2.90. The molecular formula is C15H23NO3. The van der Waals surface area contributed by atoms with Crippen LogP contribution in [0.25, 0.3) is 0 Å². The zero-order chi connectivity index (χ0) is 13.5. The highest BCUT2D eigenvalue weighted by Gasteiger charge is 2.15. The van der Waals surface area contributed by atoms with Crippen molar-refractivity contribution in [3.8, 4) is 5.75 Å². The van der Waals surface area contributed by atoms with E-state index < -0.39 is 0 Å². The van der Waals surface area contributed by atoms with Crippen LogP contribution in [0.15, 0.2) is 18.2 Å². The van der Waals surface area contributed by atoms with E-state index >= 15 is 0 Å². The second kappa shape index (κ2) is 7.48. The van der Waals surface area contributed by atoms with Gasteiger partial charge in [-0.15, -0.1) is 0 Å². The van der Waals surface area contributed by atoms with E-state index in [2.05, 4.69) is 30.4 Å². The Morgan fingerprint density at radius 1 is 1.42 bits per heavy atom. The Balaban J connectivity index is 1.86. The lowest BCUT2D eigenvalue weighted by molar-refractivity contribution is 0.0925. The molecule has 0 bridgehead atoms. The molecule has 2 rings (SSSR count). The summed E-state index contributed by atoms with van der Waals surface area (Å²) in [6, 6.07) is 6.81. The molecule has 0 radical (unpaired) electrons. The van der Waals surface area contributed by atoms with Crippen molar-refractivity contribution < 1.29 is 14.6 Å². The molecule has 0 spiro atoms. The average molecular weight is 265 g/mol. The number of benzene rings is 1. The van der Waals surface area contributed by atoms with Crippen molar-refractivity contribution in [1.29, 1.82) is 0 Å². The molecule has 2 N–H and O–H groups in total. The molecule has 1 aromatic rings. The molecule has 0 saturated heterocycles. The number of nitrogens with one attached hydrogen (secondary N) is 1. The molecule has 0 saturated carbocycles. The van der Waals surface area contributed by atoms with Crippen molar-refractivity contribution in [2.24, 2.45) is 0 Å². The molecule has 1 aliphatic rings. The third-order valence-electron chi connectivity index (χ3n) is 3.40. The van der Waals surface area contributed by atoms with Crippen LogP contribution < -0.4 is 10.1 Å². The van der Waals surface area contributed by atoms with Crippen LogP contribution in [0.2, 0.25) is 0 Å². The van der Waals surface area contributed by atoms with E-state index in [0.29, 0.717) is 19.3 Å². The summed E-state index contributed by atoms with van der Waals surface area (Å²) >= 11 is 0. The number of hydrogen-bond acceptors (Lipinski definition) is 4. The number of hydrogen-bond donors (Lipinski definition) is 2. The number of fused-ring (bicyclic) bond motifs is 1. The molecule has 0 fully saturated rings. The maximum atomic E-state index is 8.63. The summed E-state index contributed by atoms with van der Waals surface area (Å²) in [5, 5.41) is 12.1. The zero-order valence-electron chi connectivity index (χ0n) is 11.5. The van der Waals surface area contributed by atoms with Crippen molar-refractivity contribution in [2.45, 2.75) is 25.8 Å². The summed E-state index contributed by atoms with van der Waals surface area (Å²) in [5.74, 6) is 1.03. The van der Waals surface area contributed by atoms with Gasteiger partial charge in [0, 0.05) is 19.0 Å². The molecule has 19 heavy (non-hydrogen) atoms. The minimum atomic E-state index is 0.0853. The monoisotopic (exact) mass is 265 g/mol. The minimum Gasteiger partial charge on any atom is -0.493 e. The molecule has 1 heterocycles. The van der Waals surface area contributed by atoms with Crippen molar-refractivity contribution in [1.82, 2.24) is 5.32 Å². The van der Waals surface area contributed by atoms with Crippen LogP contribution in [0.5, 0.6) is 5.75 Å². The number of aliphatic hydroxyl groups excluding tert-OH is 1. The van der Waals surface area contributed by atoms with Crippen LogP contribution in [-0.2, 0) is 11.2 Å². The maximum Gasteiger partial charge on any atom is 0.122 e. The molecule has 1 unspecified atom stereocenters. The van der Waals surface area contributed by atoms with Crippen molar-refractivity contribution in [3.63, 3.8) is 0 Å². The fraction of sp³-hybridized carbons (Fsp3) is 0.600. The van der Waals surface area contributed by atoms with E-state index in [4.69, 9.17) is 14.6 Å². The van der Waals surface area contributed by atoms with Gasteiger partial charge in [-0.05, 0) is 23.6 Å². The second-order valence-electron chi connectivity index (χ2n) is 4.72. The molecule has 0 aliphatic carbocycles. The number of rotatable bonds is 8. The van der Waals surface area contributed by atoms with Gasteiger partial charge in [0.2, 0.25) is 0 Å². The van der Waals surface area contributed by atoms with E-state index in [1.165, 1.54) is 11.1 Å². The lowest BCUT2D eigenvalue weighted by Gasteiger charge is -2.18. The highest BCUT2D eigenvalue weighted by atomic mass is 16.5. The van der Waals surface area contributed by atoms with Crippen LogP contribution in [0.4, 0.5) is 0 Å². The third kappa shape index (κ3) is 3.93. The second-order valence-corrected chi connectivity index (χ2v) is 4.72. The summed E-state index contributed by atoms with van der Waals surface area (Å²) in [6.07, 6.45) is 2.05. The molecule has 106 valence electrons. The Kier molecular flexibility index (Phi) is 5.63. The van der Waals surface area contributed by atoms with E-state index in [-0.39, 0.29) is 6.61 Å². The molecule has 4 heteroatoms. The highest BCUT2D eigenvalue weighted by Crippen LogP contribution is 2.28. The Morgan fingerprint density at radius 2 is 2.32 bits per heavy atom. The molecule has 1 atom stereocenters. The molecular weight excluding hydrogens is 242 g/mol.